The monoisotopic (exact) mass is 614 g/mol. The molecule has 19 heteroatoms. The molecule has 0 unspecified atom stereocenters. The summed E-state index contributed by atoms with van der Waals surface area (Å²) in [5.74, 6) is 0. The van der Waals surface area contributed by atoms with Crippen molar-refractivity contribution in [2.45, 2.75) is 123 Å². The van der Waals surface area contributed by atoms with Gasteiger partial charge in [-0.2, -0.15) is 0 Å². The summed E-state index contributed by atoms with van der Waals surface area (Å²) in [6.45, 7) is -0.967. The topological polar surface area (TPSA) is 353 Å². The van der Waals surface area contributed by atoms with Crippen molar-refractivity contribution in [3.63, 3.8) is 0 Å². The minimum Gasteiger partial charge on any atom is -0.394 e. The Morgan fingerprint density at radius 3 is 1.45 bits per heavy atom. The van der Waals surface area contributed by atoms with E-state index in [-0.39, 0.29) is 19.5 Å². The van der Waals surface area contributed by atoms with Gasteiger partial charge in [0.15, 0.2) is 18.9 Å². The Morgan fingerprint density at radius 1 is 0.524 bits per heavy atom. The lowest BCUT2D eigenvalue weighted by Gasteiger charge is -2.47. The number of nitrogens with two attached hydrogens (primary N) is 6. The summed E-state index contributed by atoms with van der Waals surface area (Å²) in [5.41, 5.74) is 35.6. The Hall–Kier alpha value is -0.760. The molecule has 246 valence electrons. The van der Waals surface area contributed by atoms with E-state index in [9.17, 15) is 35.7 Å². The van der Waals surface area contributed by atoms with Crippen LogP contribution < -0.4 is 34.4 Å². The Morgan fingerprint density at radius 2 is 0.976 bits per heavy atom. The molecular formula is C23H46N6O13. The fraction of sp³-hybridized carbons (Fsp3) is 1.00. The molecular weight excluding hydrogens is 568 g/mol. The Bertz CT molecular complexity index is 868. The summed E-state index contributed by atoms with van der Waals surface area (Å²) < 4.78 is 34.6. The first-order valence-electron chi connectivity index (χ1n) is 13.9. The standard InChI is InChI=1S/C23H46N6O13/c24-2-7-13(32)15(34)10(28)21(37-7)40-18-6(27)1-5(26)12(31)20(18)42-23-17(36)19(9(4-30)39-23)41-22-11(29)16(35)14(33)8(3-25)38-22/h5-23,30-36H,1-4,24-29H2/t5-,6+,7+,8-,9+,10+,11-,12+,13-,14-,15+,16+,17+,18-,19-,20+,21+,22+,23-/m0/s1. The van der Waals surface area contributed by atoms with Crippen LogP contribution in [0.1, 0.15) is 6.42 Å². The van der Waals surface area contributed by atoms with Gasteiger partial charge < -0.3 is 98.6 Å². The number of ether oxygens (including phenoxy) is 6. The molecule has 1 saturated carbocycles. The van der Waals surface area contributed by atoms with Crippen molar-refractivity contribution < 1.29 is 64.2 Å². The summed E-state index contributed by atoms with van der Waals surface area (Å²) in [6.07, 6.45) is -19.8. The summed E-state index contributed by atoms with van der Waals surface area (Å²) >= 11 is 0. The van der Waals surface area contributed by atoms with Gasteiger partial charge in [-0.05, 0) is 6.42 Å². The molecule has 0 aromatic carbocycles. The zero-order valence-electron chi connectivity index (χ0n) is 22.8. The smallest absolute Gasteiger partial charge is 0.187 e. The van der Waals surface area contributed by atoms with E-state index < -0.39 is 123 Å². The third-order valence-corrected chi connectivity index (χ3v) is 8.37. The van der Waals surface area contributed by atoms with E-state index in [1.807, 2.05) is 0 Å². The second kappa shape index (κ2) is 14.1. The van der Waals surface area contributed by atoms with Crippen LogP contribution >= 0.6 is 0 Å². The second-order valence-electron chi connectivity index (χ2n) is 11.2. The maximum Gasteiger partial charge on any atom is 0.187 e. The second-order valence-corrected chi connectivity index (χ2v) is 11.2. The molecule has 0 amide bonds. The van der Waals surface area contributed by atoms with Gasteiger partial charge in [0, 0.05) is 25.2 Å². The van der Waals surface area contributed by atoms with Crippen LogP contribution in [0.3, 0.4) is 0 Å². The van der Waals surface area contributed by atoms with Crippen LogP contribution in [0, 0.1) is 0 Å². The number of aliphatic hydroxyl groups is 7. The van der Waals surface area contributed by atoms with Crippen molar-refractivity contribution in [1.29, 1.82) is 0 Å². The van der Waals surface area contributed by atoms with Gasteiger partial charge in [0.05, 0.1) is 24.8 Å². The first kappa shape index (κ1) is 34.1. The highest BCUT2D eigenvalue weighted by atomic mass is 16.8. The van der Waals surface area contributed by atoms with Crippen molar-refractivity contribution >= 4 is 0 Å². The summed E-state index contributed by atoms with van der Waals surface area (Å²) in [6, 6.07) is -4.18. The lowest BCUT2D eigenvalue weighted by atomic mass is 9.84. The number of hydrogen-bond acceptors (Lipinski definition) is 19. The van der Waals surface area contributed by atoms with Crippen LogP contribution in [-0.2, 0) is 28.4 Å². The molecule has 4 aliphatic rings. The van der Waals surface area contributed by atoms with Gasteiger partial charge in [0.25, 0.3) is 0 Å². The summed E-state index contributed by atoms with van der Waals surface area (Å²) in [7, 11) is 0. The molecule has 42 heavy (non-hydrogen) atoms. The van der Waals surface area contributed by atoms with Gasteiger partial charge in [0.1, 0.15) is 67.1 Å². The van der Waals surface area contributed by atoms with Crippen molar-refractivity contribution in [2.24, 2.45) is 34.4 Å². The predicted molar refractivity (Wildman–Crippen MR) is 138 cm³/mol. The zero-order valence-corrected chi connectivity index (χ0v) is 22.8. The molecule has 4 rings (SSSR count). The fourth-order valence-corrected chi connectivity index (χ4v) is 5.74. The molecule has 4 fully saturated rings. The molecule has 1 aliphatic carbocycles. The molecule has 0 bridgehead atoms. The van der Waals surface area contributed by atoms with E-state index in [4.69, 9.17) is 62.8 Å². The van der Waals surface area contributed by atoms with Gasteiger partial charge in [-0.25, -0.2) is 0 Å². The van der Waals surface area contributed by atoms with E-state index in [1.54, 1.807) is 0 Å². The fourth-order valence-electron chi connectivity index (χ4n) is 5.74. The first-order valence-corrected chi connectivity index (χ1v) is 13.9. The number of rotatable bonds is 9. The maximum absolute atomic E-state index is 11.1. The molecule has 0 radical (unpaired) electrons. The molecule has 19 atom stereocenters. The van der Waals surface area contributed by atoms with Crippen LogP contribution in [0.15, 0.2) is 0 Å². The third-order valence-electron chi connectivity index (χ3n) is 8.37. The lowest BCUT2D eigenvalue weighted by Crippen LogP contribution is -2.68. The number of aliphatic hydroxyl groups excluding tert-OH is 7. The highest BCUT2D eigenvalue weighted by Gasteiger charge is 2.54. The molecule has 0 aromatic heterocycles. The molecule has 19 N–H and O–H groups in total. The van der Waals surface area contributed by atoms with Crippen LogP contribution in [0.5, 0.6) is 0 Å². The van der Waals surface area contributed by atoms with Gasteiger partial charge in [-0.15, -0.1) is 0 Å². The van der Waals surface area contributed by atoms with Crippen LogP contribution in [0.25, 0.3) is 0 Å². The Labute approximate surface area is 241 Å². The van der Waals surface area contributed by atoms with Gasteiger partial charge in [0.2, 0.25) is 0 Å². The molecule has 0 aromatic rings. The quantitative estimate of drug-likeness (QED) is 0.115. The Kier molecular flexibility index (Phi) is 11.5. The highest BCUT2D eigenvalue weighted by Crippen LogP contribution is 2.34. The van der Waals surface area contributed by atoms with E-state index >= 15 is 0 Å². The number of hydrogen-bond donors (Lipinski definition) is 13. The Balaban J connectivity index is 1.50. The zero-order chi connectivity index (χ0) is 31.0. The van der Waals surface area contributed by atoms with E-state index in [0.29, 0.717) is 0 Å². The van der Waals surface area contributed by atoms with Gasteiger partial charge >= 0.3 is 0 Å². The molecule has 3 aliphatic heterocycles. The van der Waals surface area contributed by atoms with Crippen molar-refractivity contribution in [2.75, 3.05) is 19.7 Å². The highest BCUT2D eigenvalue weighted by molar-refractivity contribution is 5.02. The molecule has 19 nitrogen and oxygen atoms in total. The van der Waals surface area contributed by atoms with Gasteiger partial charge in [-0.1, -0.05) is 0 Å². The minimum atomic E-state index is -1.60. The molecule has 0 spiro atoms. The molecule has 3 saturated heterocycles. The van der Waals surface area contributed by atoms with Crippen molar-refractivity contribution in [3.8, 4) is 0 Å². The summed E-state index contributed by atoms with van der Waals surface area (Å²) in [5, 5.41) is 73.0. The van der Waals surface area contributed by atoms with E-state index in [0.717, 1.165) is 0 Å². The first-order chi connectivity index (χ1) is 19.8. The maximum atomic E-state index is 11.1. The normalized spacial score (nSPS) is 53.8. The van der Waals surface area contributed by atoms with Crippen molar-refractivity contribution in [3.05, 3.63) is 0 Å². The summed E-state index contributed by atoms with van der Waals surface area (Å²) in [4.78, 5) is 0. The minimum absolute atomic E-state index is 0.0889. The molecule has 3 heterocycles. The predicted octanol–water partition coefficient (Wildman–Crippen LogP) is -8.90. The van der Waals surface area contributed by atoms with Crippen molar-refractivity contribution in [1.82, 2.24) is 0 Å². The van der Waals surface area contributed by atoms with E-state index in [2.05, 4.69) is 0 Å². The lowest BCUT2D eigenvalue weighted by molar-refractivity contribution is -0.306. The van der Waals surface area contributed by atoms with E-state index in [1.165, 1.54) is 0 Å². The van der Waals surface area contributed by atoms with Crippen LogP contribution in [-0.4, -0.2) is 172 Å². The van der Waals surface area contributed by atoms with Crippen LogP contribution in [0.4, 0.5) is 0 Å². The average Bonchev–Trinajstić information content (AvgIpc) is 3.27. The van der Waals surface area contributed by atoms with Crippen LogP contribution in [0.2, 0.25) is 0 Å². The SMILES string of the molecule is NC[C@@H]1O[C@H](O[C@@H]2[C@@H](O)[C@H](O[C@@H]3[C@H](O)[C@@H](N)C[C@@H](N)[C@@H]3O[C@H]3O[C@H](CN)[C@H](O)[C@H](O)[C@H]3N)O[C@@H]2CO)[C@@H](N)[C@@H](O)[C@H]1O. The average molecular weight is 615 g/mol. The van der Waals surface area contributed by atoms with Gasteiger partial charge in [-0.3, -0.25) is 0 Å². The third kappa shape index (κ3) is 6.60. The largest absolute Gasteiger partial charge is 0.394 e.